The van der Waals surface area contributed by atoms with Crippen LogP contribution in [0.4, 0.5) is 0 Å². The highest BCUT2D eigenvalue weighted by Crippen LogP contribution is 2.59. The van der Waals surface area contributed by atoms with E-state index >= 15 is 0 Å². The van der Waals surface area contributed by atoms with Crippen molar-refractivity contribution in [3.8, 4) is 22.8 Å². The summed E-state index contributed by atoms with van der Waals surface area (Å²) in [6.45, 7) is 0. The minimum Gasteiger partial charge on any atom is -0.457 e. The van der Waals surface area contributed by atoms with E-state index in [1.54, 1.807) is 24.7 Å². The average Bonchev–Trinajstić information content (AvgIpc) is 3.42. The second-order valence-electron chi connectivity index (χ2n) is 8.09. The number of imidazole rings is 1. The van der Waals surface area contributed by atoms with Gasteiger partial charge >= 0.3 is 0 Å². The molecule has 2 aromatic heterocycles. The van der Waals surface area contributed by atoms with Gasteiger partial charge in [-0.2, -0.15) is 0 Å². The molecule has 0 radical (unpaired) electrons. The van der Waals surface area contributed by atoms with E-state index in [1.807, 2.05) is 54.2 Å². The van der Waals surface area contributed by atoms with Crippen molar-refractivity contribution in [2.45, 2.75) is 12.3 Å². The Balaban J connectivity index is 1.39. The zero-order valence-corrected chi connectivity index (χ0v) is 17.4. The Morgan fingerprint density at radius 1 is 1.06 bits per heavy atom. The smallest absolute Gasteiger partial charge is 0.233 e. The lowest BCUT2D eigenvalue weighted by atomic mass is 9.97. The largest absolute Gasteiger partial charge is 0.457 e. The van der Waals surface area contributed by atoms with Crippen LogP contribution in [0.2, 0.25) is 0 Å². The first kappa shape index (κ1) is 19.7. The highest BCUT2D eigenvalue weighted by Gasteiger charge is 2.64. The molecule has 2 aromatic carbocycles. The number of aryl methyl sites for hydroxylation is 1. The molecule has 2 heterocycles. The normalized spacial score (nSPS) is 16.6. The van der Waals surface area contributed by atoms with E-state index in [0.29, 0.717) is 17.9 Å². The second-order valence-corrected chi connectivity index (χ2v) is 8.09. The summed E-state index contributed by atoms with van der Waals surface area (Å²) in [7, 11) is 1.93. The fraction of sp³-hybridized carbons (Fsp3) is 0.167. The minimum atomic E-state index is -1.28. The van der Waals surface area contributed by atoms with Crippen molar-refractivity contribution in [1.82, 2.24) is 14.5 Å². The molecule has 0 aliphatic heterocycles. The zero-order chi connectivity index (χ0) is 22.5. The third kappa shape index (κ3) is 3.17. The van der Waals surface area contributed by atoms with Gasteiger partial charge in [0.25, 0.3) is 0 Å². The van der Waals surface area contributed by atoms with E-state index in [4.69, 9.17) is 16.2 Å². The van der Waals surface area contributed by atoms with E-state index in [1.165, 1.54) is 0 Å². The summed E-state index contributed by atoms with van der Waals surface area (Å²) in [5.74, 6) is -0.351. The van der Waals surface area contributed by atoms with Crippen LogP contribution < -0.4 is 16.2 Å². The van der Waals surface area contributed by atoms with Gasteiger partial charge in [-0.05, 0) is 42.3 Å². The van der Waals surface area contributed by atoms with Gasteiger partial charge < -0.3 is 20.8 Å². The van der Waals surface area contributed by atoms with Crippen molar-refractivity contribution in [3.05, 3.63) is 72.8 Å². The molecule has 2 amide bonds. The summed E-state index contributed by atoms with van der Waals surface area (Å²) >= 11 is 0. The summed E-state index contributed by atoms with van der Waals surface area (Å²) in [5, 5.41) is 0.875. The average molecular weight is 427 g/mol. The van der Waals surface area contributed by atoms with Crippen LogP contribution >= 0.6 is 0 Å². The van der Waals surface area contributed by atoms with Crippen LogP contribution in [0.1, 0.15) is 17.9 Å². The number of hydrogen-bond donors (Lipinski definition) is 2. The lowest BCUT2D eigenvalue weighted by molar-refractivity contribution is -0.133. The highest BCUT2D eigenvalue weighted by atomic mass is 16.5. The van der Waals surface area contributed by atoms with Crippen LogP contribution in [-0.4, -0.2) is 26.3 Å². The van der Waals surface area contributed by atoms with Crippen LogP contribution in [0.5, 0.6) is 11.5 Å². The van der Waals surface area contributed by atoms with Crippen LogP contribution in [-0.2, 0) is 16.6 Å². The lowest BCUT2D eigenvalue weighted by Crippen LogP contribution is -2.38. The van der Waals surface area contributed by atoms with E-state index in [-0.39, 0.29) is 5.92 Å². The molecule has 32 heavy (non-hydrogen) atoms. The van der Waals surface area contributed by atoms with Gasteiger partial charge in [0.1, 0.15) is 16.9 Å². The fourth-order valence-corrected chi connectivity index (χ4v) is 4.16. The number of amides is 2. The molecule has 5 rings (SSSR count). The molecule has 8 nitrogen and oxygen atoms in total. The molecule has 0 saturated heterocycles. The van der Waals surface area contributed by atoms with Crippen LogP contribution in [0, 0.1) is 5.41 Å². The minimum absolute atomic E-state index is 0.293. The quantitative estimate of drug-likeness (QED) is 0.458. The molecule has 8 heteroatoms. The second kappa shape index (κ2) is 7.19. The molecule has 1 saturated carbocycles. The van der Waals surface area contributed by atoms with Crippen LogP contribution in [0.3, 0.4) is 0 Å². The van der Waals surface area contributed by atoms with Crippen molar-refractivity contribution in [2.24, 2.45) is 23.9 Å². The monoisotopic (exact) mass is 427 g/mol. The number of carbonyl (C=O) groups excluding carboxylic acids is 2. The van der Waals surface area contributed by atoms with Crippen molar-refractivity contribution >= 4 is 22.7 Å². The van der Waals surface area contributed by atoms with E-state index in [2.05, 4.69) is 9.97 Å². The van der Waals surface area contributed by atoms with Crippen molar-refractivity contribution in [3.63, 3.8) is 0 Å². The Morgan fingerprint density at radius 3 is 2.44 bits per heavy atom. The number of aromatic nitrogens is 3. The van der Waals surface area contributed by atoms with Gasteiger partial charge in [-0.1, -0.05) is 18.2 Å². The van der Waals surface area contributed by atoms with Crippen molar-refractivity contribution < 1.29 is 14.3 Å². The number of nitrogens with zero attached hydrogens (tertiary/aromatic N) is 3. The Kier molecular flexibility index (Phi) is 4.44. The van der Waals surface area contributed by atoms with E-state index < -0.39 is 17.2 Å². The predicted molar refractivity (Wildman–Crippen MR) is 119 cm³/mol. The Morgan fingerprint density at radius 2 is 1.81 bits per heavy atom. The van der Waals surface area contributed by atoms with E-state index in [9.17, 15) is 9.59 Å². The maximum absolute atomic E-state index is 11.7. The van der Waals surface area contributed by atoms with Gasteiger partial charge in [0, 0.05) is 36.3 Å². The first-order chi connectivity index (χ1) is 15.4. The number of primary amides is 2. The number of nitrogens with two attached hydrogens (primary N) is 2. The molecule has 0 spiro atoms. The summed E-state index contributed by atoms with van der Waals surface area (Å²) in [6, 6.07) is 15.0. The first-order valence-electron chi connectivity index (χ1n) is 10.1. The Hall–Kier alpha value is -4.20. The molecule has 1 atom stereocenters. The number of rotatable bonds is 6. The van der Waals surface area contributed by atoms with Gasteiger partial charge in [-0.3, -0.25) is 14.6 Å². The van der Waals surface area contributed by atoms with Crippen molar-refractivity contribution in [2.75, 3.05) is 0 Å². The molecule has 4 aromatic rings. The van der Waals surface area contributed by atoms with Crippen molar-refractivity contribution in [1.29, 1.82) is 0 Å². The van der Waals surface area contributed by atoms with Crippen LogP contribution in [0.25, 0.3) is 22.2 Å². The molecule has 0 bridgehead atoms. The van der Waals surface area contributed by atoms with Gasteiger partial charge in [-0.25, -0.2) is 4.98 Å². The van der Waals surface area contributed by atoms with Crippen LogP contribution in [0.15, 0.2) is 67.3 Å². The maximum atomic E-state index is 11.7. The van der Waals surface area contributed by atoms with Gasteiger partial charge in [0.2, 0.25) is 11.8 Å². The number of fused-ring (bicyclic) bond motifs is 1. The maximum Gasteiger partial charge on any atom is 0.233 e. The van der Waals surface area contributed by atoms with Gasteiger partial charge in [-0.15, -0.1) is 0 Å². The number of benzene rings is 2. The molecular formula is C24H21N5O3. The highest BCUT2D eigenvalue weighted by molar-refractivity contribution is 6.08. The topological polar surface area (TPSA) is 126 Å². The summed E-state index contributed by atoms with van der Waals surface area (Å²) in [5.41, 5.74) is 13.0. The first-order valence-corrected chi connectivity index (χ1v) is 10.1. The van der Waals surface area contributed by atoms with Gasteiger partial charge in [0.15, 0.2) is 0 Å². The molecule has 1 unspecified atom stereocenters. The fourth-order valence-electron chi connectivity index (χ4n) is 4.16. The standard InChI is InChI=1S/C24H21N5O3/c1-29-12-20(28-13-29)15-4-7-17-19(10-15)27-9-8-21(17)32-16-5-2-14(3-6-16)18-11-24(18,22(25)30)23(26)31/h2-10,12-13,18H,11H2,1H3,(H2,25,30)(H2,26,31). The molecule has 1 fully saturated rings. The Bertz CT molecular complexity index is 1350. The molecular weight excluding hydrogens is 406 g/mol. The van der Waals surface area contributed by atoms with Gasteiger partial charge in [0.05, 0.1) is 17.5 Å². The number of pyridine rings is 1. The molecule has 160 valence electrons. The third-order valence-electron chi connectivity index (χ3n) is 6.05. The third-order valence-corrected chi connectivity index (χ3v) is 6.05. The van der Waals surface area contributed by atoms with E-state index in [0.717, 1.165) is 27.7 Å². The summed E-state index contributed by atoms with van der Waals surface area (Å²) in [6.07, 6.45) is 5.75. The molecule has 1 aliphatic carbocycles. The lowest BCUT2D eigenvalue weighted by Gasteiger charge is -2.11. The zero-order valence-electron chi connectivity index (χ0n) is 17.4. The summed E-state index contributed by atoms with van der Waals surface area (Å²) in [4.78, 5) is 32.3. The predicted octanol–water partition coefficient (Wildman–Crippen LogP) is 2.87. The number of carbonyl (C=O) groups is 2. The Labute approximate surface area is 183 Å². The number of ether oxygens (including phenoxy) is 1. The molecule has 4 N–H and O–H groups in total. The molecule has 1 aliphatic rings. The summed E-state index contributed by atoms with van der Waals surface area (Å²) < 4.78 is 8.00. The SMILES string of the molecule is Cn1cnc(-c2ccc3c(Oc4ccc(C5CC5(C(N)=O)C(N)=O)cc4)ccnc3c2)c1. The number of hydrogen-bond acceptors (Lipinski definition) is 5.